The lowest BCUT2D eigenvalue weighted by Crippen LogP contribution is -2.39. The monoisotopic (exact) mass is 582 g/mol. The Morgan fingerprint density at radius 2 is 1.74 bits per heavy atom. The van der Waals surface area contributed by atoms with Crippen molar-refractivity contribution in [3.8, 4) is 11.4 Å². The van der Waals surface area contributed by atoms with Crippen LogP contribution >= 0.6 is 23.4 Å². The fraction of sp³-hybridized carbons (Fsp3) is 0.348. The van der Waals surface area contributed by atoms with Gasteiger partial charge in [-0.05, 0) is 42.2 Å². The summed E-state index contributed by atoms with van der Waals surface area (Å²) in [5.41, 5.74) is -2.08. The van der Waals surface area contributed by atoms with Gasteiger partial charge < -0.3 is 10.4 Å². The second-order valence-corrected chi connectivity index (χ2v) is 9.45. The van der Waals surface area contributed by atoms with Crippen LogP contribution in [0.2, 0.25) is 5.02 Å². The van der Waals surface area contributed by atoms with E-state index < -0.39 is 54.7 Å². The van der Waals surface area contributed by atoms with Gasteiger partial charge in [-0.15, -0.1) is 5.10 Å². The quantitative estimate of drug-likeness (QED) is 0.362. The molecule has 0 fully saturated rings. The number of halogens is 7. The highest BCUT2D eigenvalue weighted by Gasteiger charge is 2.39. The first kappa shape index (κ1) is 29.6. The molecule has 1 aromatic heterocycles. The lowest BCUT2D eigenvalue weighted by molar-refractivity contribution is -0.207. The number of rotatable bonds is 9. The molecule has 1 unspecified atom stereocenters. The molecule has 0 aliphatic heterocycles. The molecule has 0 saturated heterocycles. The smallest absolute Gasteiger partial charge is 0.382 e. The van der Waals surface area contributed by atoms with E-state index in [0.29, 0.717) is 14.3 Å². The fourth-order valence-electron chi connectivity index (χ4n) is 3.61. The number of alkyl halides is 6. The van der Waals surface area contributed by atoms with E-state index in [-0.39, 0.29) is 22.7 Å². The standard InChI is InChI=1S/C23H21ClF6N4O3S/c1-38-12-17(15-4-2-3-5-16(15)22(25,26)27)31-19(36)11-34-21(37)33(10-18(35)23(28,29)30)20(32-34)13-6-8-14(24)9-7-13/h2-9,17-18,35H,10-12H2,1H3,(H,31,36)/t17?,18-/m0/s1. The highest BCUT2D eigenvalue weighted by Crippen LogP contribution is 2.35. The Kier molecular flexibility index (Phi) is 9.21. The molecule has 15 heteroatoms. The van der Waals surface area contributed by atoms with Gasteiger partial charge in [0, 0.05) is 16.3 Å². The molecule has 1 heterocycles. The number of aliphatic hydroxyl groups excluding tert-OH is 1. The largest absolute Gasteiger partial charge is 0.416 e. The third kappa shape index (κ3) is 7.11. The Labute approximate surface area is 221 Å². The van der Waals surface area contributed by atoms with Crippen molar-refractivity contribution in [2.75, 3.05) is 12.0 Å². The first-order valence-corrected chi connectivity index (χ1v) is 12.6. The van der Waals surface area contributed by atoms with Crippen LogP contribution in [0, 0.1) is 0 Å². The third-order valence-corrected chi connectivity index (χ3v) is 6.28. The van der Waals surface area contributed by atoms with Gasteiger partial charge in [-0.3, -0.25) is 9.36 Å². The predicted octanol–water partition coefficient (Wildman–Crippen LogP) is 4.53. The number of hydrogen-bond donors (Lipinski definition) is 2. The Hall–Kier alpha value is -2.97. The van der Waals surface area contributed by atoms with Gasteiger partial charge in [0.15, 0.2) is 11.9 Å². The van der Waals surface area contributed by atoms with Crippen molar-refractivity contribution in [3.05, 3.63) is 75.2 Å². The molecule has 1 amide bonds. The molecule has 0 bridgehead atoms. The van der Waals surface area contributed by atoms with Crippen LogP contribution in [-0.4, -0.2) is 49.7 Å². The van der Waals surface area contributed by atoms with Crippen LogP contribution in [0.1, 0.15) is 17.2 Å². The van der Waals surface area contributed by atoms with Crippen molar-refractivity contribution < 1.29 is 36.2 Å². The van der Waals surface area contributed by atoms with Crippen LogP contribution in [-0.2, 0) is 24.1 Å². The number of benzene rings is 2. The molecule has 206 valence electrons. The normalized spacial score (nSPS) is 13.8. The van der Waals surface area contributed by atoms with Crippen LogP contribution in [0.15, 0.2) is 53.3 Å². The molecule has 0 spiro atoms. The molecule has 3 aromatic rings. The van der Waals surface area contributed by atoms with E-state index >= 15 is 0 Å². The molecule has 38 heavy (non-hydrogen) atoms. The van der Waals surface area contributed by atoms with Crippen LogP contribution in [0.25, 0.3) is 11.4 Å². The van der Waals surface area contributed by atoms with Crippen LogP contribution < -0.4 is 11.0 Å². The Morgan fingerprint density at radius 1 is 1.11 bits per heavy atom. The zero-order valence-corrected chi connectivity index (χ0v) is 21.1. The van der Waals surface area contributed by atoms with E-state index in [9.17, 15) is 41.0 Å². The van der Waals surface area contributed by atoms with Crippen molar-refractivity contribution in [2.45, 2.75) is 37.6 Å². The number of carbonyl (C=O) groups is 1. The van der Waals surface area contributed by atoms with Crippen LogP contribution in [0.5, 0.6) is 0 Å². The molecule has 2 aromatic carbocycles. The molecule has 2 N–H and O–H groups in total. The molecule has 3 rings (SSSR count). The second-order valence-electron chi connectivity index (χ2n) is 8.10. The highest BCUT2D eigenvalue weighted by molar-refractivity contribution is 7.98. The maximum atomic E-state index is 13.5. The molecule has 0 aliphatic carbocycles. The topological polar surface area (TPSA) is 89.2 Å². The van der Waals surface area contributed by atoms with Gasteiger partial charge in [0.1, 0.15) is 6.54 Å². The van der Waals surface area contributed by atoms with E-state index in [1.54, 1.807) is 6.26 Å². The summed E-state index contributed by atoms with van der Waals surface area (Å²) in [5, 5.41) is 16.3. The van der Waals surface area contributed by atoms with Gasteiger partial charge in [-0.1, -0.05) is 29.8 Å². The minimum atomic E-state index is -5.03. The Morgan fingerprint density at radius 3 is 2.32 bits per heavy atom. The zero-order chi connectivity index (χ0) is 28.3. The first-order chi connectivity index (χ1) is 17.7. The third-order valence-electron chi connectivity index (χ3n) is 5.36. The van der Waals surface area contributed by atoms with Gasteiger partial charge >= 0.3 is 18.0 Å². The average Bonchev–Trinajstić information content (AvgIpc) is 3.13. The van der Waals surface area contributed by atoms with Crippen LogP contribution in [0.3, 0.4) is 0 Å². The van der Waals surface area contributed by atoms with Crippen molar-refractivity contribution in [1.29, 1.82) is 0 Å². The summed E-state index contributed by atoms with van der Waals surface area (Å²) in [4.78, 5) is 25.7. The number of nitrogens with zero attached hydrogens (tertiary/aromatic N) is 3. The maximum absolute atomic E-state index is 13.5. The number of hydrogen-bond acceptors (Lipinski definition) is 5. The highest BCUT2D eigenvalue weighted by atomic mass is 35.5. The summed E-state index contributed by atoms with van der Waals surface area (Å²) >= 11 is 7.02. The summed E-state index contributed by atoms with van der Waals surface area (Å²) in [6.45, 7) is -2.00. The van der Waals surface area contributed by atoms with Crippen molar-refractivity contribution >= 4 is 29.3 Å². The zero-order valence-electron chi connectivity index (χ0n) is 19.6. The minimum Gasteiger partial charge on any atom is -0.382 e. The van der Waals surface area contributed by atoms with Gasteiger partial charge in [-0.25, -0.2) is 9.48 Å². The lowest BCUT2D eigenvalue weighted by Gasteiger charge is -2.22. The minimum absolute atomic E-state index is 0.0654. The molecule has 0 radical (unpaired) electrons. The number of aromatic nitrogens is 3. The molecule has 0 saturated carbocycles. The van der Waals surface area contributed by atoms with E-state index in [1.807, 2.05) is 0 Å². The van der Waals surface area contributed by atoms with Gasteiger partial charge in [0.2, 0.25) is 5.91 Å². The van der Waals surface area contributed by atoms with Gasteiger partial charge in [-0.2, -0.15) is 38.1 Å². The lowest BCUT2D eigenvalue weighted by atomic mass is 10.0. The van der Waals surface area contributed by atoms with Crippen molar-refractivity contribution in [1.82, 2.24) is 19.7 Å². The SMILES string of the molecule is CSCC(NC(=O)Cn1nc(-c2ccc(Cl)cc2)n(C[C@H](O)C(F)(F)F)c1=O)c1ccccc1C(F)(F)F. The summed E-state index contributed by atoms with van der Waals surface area (Å²) in [7, 11) is 0. The van der Waals surface area contributed by atoms with E-state index in [1.165, 1.54) is 54.2 Å². The van der Waals surface area contributed by atoms with Gasteiger partial charge in [0.05, 0.1) is 18.2 Å². The second kappa shape index (κ2) is 11.8. The summed E-state index contributed by atoms with van der Waals surface area (Å²) in [5.74, 6) is -1.10. The number of amides is 1. The Balaban J connectivity index is 1.94. The van der Waals surface area contributed by atoms with E-state index in [2.05, 4.69) is 10.4 Å². The molecule has 0 aliphatic rings. The molecule has 7 nitrogen and oxygen atoms in total. The number of nitrogens with one attached hydrogen (secondary N) is 1. The number of thioether (sulfide) groups is 1. The van der Waals surface area contributed by atoms with Crippen molar-refractivity contribution in [3.63, 3.8) is 0 Å². The fourth-order valence-corrected chi connectivity index (χ4v) is 4.33. The van der Waals surface area contributed by atoms with E-state index in [0.717, 1.165) is 6.07 Å². The molecular formula is C23H21ClF6N4O3S. The van der Waals surface area contributed by atoms with E-state index in [4.69, 9.17) is 11.6 Å². The van der Waals surface area contributed by atoms with Gasteiger partial charge in [0.25, 0.3) is 0 Å². The summed E-state index contributed by atoms with van der Waals surface area (Å²) < 4.78 is 80.7. The van der Waals surface area contributed by atoms with Crippen LogP contribution in [0.4, 0.5) is 26.3 Å². The summed E-state index contributed by atoms with van der Waals surface area (Å²) in [6, 6.07) is 9.20. The number of carbonyl (C=O) groups excluding carboxylic acids is 1. The predicted molar refractivity (Wildman–Crippen MR) is 130 cm³/mol. The first-order valence-electron chi connectivity index (χ1n) is 10.8. The molecule has 2 atom stereocenters. The Bertz CT molecular complexity index is 1320. The molecular weight excluding hydrogens is 562 g/mol. The summed E-state index contributed by atoms with van der Waals surface area (Å²) in [6.07, 6.45) is -11.0. The average molecular weight is 583 g/mol. The van der Waals surface area contributed by atoms with Crippen molar-refractivity contribution in [2.24, 2.45) is 0 Å². The number of aliphatic hydroxyl groups is 1. The maximum Gasteiger partial charge on any atom is 0.416 e.